The summed E-state index contributed by atoms with van der Waals surface area (Å²) in [5, 5.41) is 4.61. The maximum atomic E-state index is 13.3. The lowest BCUT2D eigenvalue weighted by Gasteiger charge is -2.14. The van der Waals surface area contributed by atoms with Gasteiger partial charge in [-0.25, -0.2) is 4.98 Å². The number of amides is 2. The zero-order chi connectivity index (χ0) is 26.3. The van der Waals surface area contributed by atoms with Gasteiger partial charge >= 0.3 is 0 Å². The number of para-hydroxylation sites is 2. The largest absolute Gasteiger partial charge is 0.361 e. The SMILES string of the molecule is O=C(CSc1nc2ccccc2c(=O)n1NC(=O)CCc1c[nH]c2ccccc12)NCCc1ccccc1. The van der Waals surface area contributed by atoms with E-state index >= 15 is 0 Å². The Kier molecular flexibility index (Phi) is 7.84. The normalized spacial score (nSPS) is 11.1. The number of aromatic amines is 1. The monoisotopic (exact) mass is 525 g/mol. The molecule has 0 radical (unpaired) electrons. The molecular formula is C29H27N5O3S. The van der Waals surface area contributed by atoms with Crippen molar-refractivity contribution in [2.24, 2.45) is 0 Å². The number of hydrogen-bond donors (Lipinski definition) is 3. The summed E-state index contributed by atoms with van der Waals surface area (Å²) < 4.78 is 1.15. The van der Waals surface area contributed by atoms with Gasteiger partial charge in [0.1, 0.15) is 0 Å². The zero-order valence-electron chi connectivity index (χ0n) is 20.6. The van der Waals surface area contributed by atoms with Crippen LogP contribution in [-0.2, 0) is 22.4 Å². The van der Waals surface area contributed by atoms with Crippen LogP contribution in [0, 0.1) is 0 Å². The van der Waals surface area contributed by atoms with Gasteiger partial charge in [0.2, 0.25) is 11.8 Å². The van der Waals surface area contributed by atoms with Crippen molar-refractivity contribution in [1.29, 1.82) is 0 Å². The second kappa shape index (κ2) is 11.8. The molecule has 0 bridgehead atoms. The van der Waals surface area contributed by atoms with Gasteiger partial charge in [-0.1, -0.05) is 72.4 Å². The van der Waals surface area contributed by atoms with Gasteiger partial charge in [-0.15, -0.1) is 0 Å². The summed E-state index contributed by atoms with van der Waals surface area (Å²) in [7, 11) is 0. The molecule has 0 saturated heterocycles. The molecule has 38 heavy (non-hydrogen) atoms. The van der Waals surface area contributed by atoms with Crippen LogP contribution in [0.15, 0.2) is 95.0 Å². The van der Waals surface area contributed by atoms with Crippen molar-refractivity contribution >= 4 is 45.4 Å². The number of hydrogen-bond acceptors (Lipinski definition) is 5. The smallest absolute Gasteiger partial charge is 0.281 e. The second-order valence-corrected chi connectivity index (χ2v) is 9.76. The Balaban J connectivity index is 1.26. The van der Waals surface area contributed by atoms with Gasteiger partial charge in [0.25, 0.3) is 5.56 Å². The molecule has 0 atom stereocenters. The van der Waals surface area contributed by atoms with Crippen molar-refractivity contribution < 1.29 is 9.59 Å². The molecule has 2 heterocycles. The van der Waals surface area contributed by atoms with Gasteiger partial charge in [-0.3, -0.25) is 19.8 Å². The predicted molar refractivity (Wildman–Crippen MR) is 151 cm³/mol. The summed E-state index contributed by atoms with van der Waals surface area (Å²) in [5.41, 5.74) is 6.01. The van der Waals surface area contributed by atoms with Crippen LogP contribution in [0.4, 0.5) is 0 Å². The van der Waals surface area contributed by atoms with Gasteiger partial charge in [-0.2, -0.15) is 4.68 Å². The van der Waals surface area contributed by atoms with Crippen LogP contribution in [0.2, 0.25) is 0 Å². The summed E-state index contributed by atoms with van der Waals surface area (Å²) in [6, 6.07) is 24.8. The first kappa shape index (κ1) is 25.3. The third-order valence-corrected chi connectivity index (χ3v) is 7.13. The lowest BCUT2D eigenvalue weighted by molar-refractivity contribution is -0.118. The molecule has 192 valence electrons. The number of H-pyrrole nitrogens is 1. The van der Waals surface area contributed by atoms with Crippen LogP contribution in [0.1, 0.15) is 17.5 Å². The number of carbonyl (C=O) groups is 2. The summed E-state index contributed by atoms with van der Waals surface area (Å²) in [5.74, 6) is -0.431. The highest BCUT2D eigenvalue weighted by atomic mass is 32.2. The first-order chi connectivity index (χ1) is 18.6. The zero-order valence-corrected chi connectivity index (χ0v) is 21.5. The average molecular weight is 526 g/mol. The van der Waals surface area contributed by atoms with E-state index in [1.165, 1.54) is 0 Å². The minimum Gasteiger partial charge on any atom is -0.361 e. The number of rotatable bonds is 10. The highest BCUT2D eigenvalue weighted by Gasteiger charge is 2.16. The van der Waals surface area contributed by atoms with E-state index in [-0.39, 0.29) is 34.7 Å². The van der Waals surface area contributed by atoms with E-state index in [0.717, 1.165) is 44.9 Å². The lowest BCUT2D eigenvalue weighted by Crippen LogP contribution is -2.35. The molecule has 8 nitrogen and oxygen atoms in total. The molecule has 0 aliphatic rings. The molecule has 5 rings (SSSR count). The number of fused-ring (bicyclic) bond motifs is 2. The standard InChI is InChI=1S/C29H27N5O3S/c35-26(15-14-21-18-31-24-12-6-4-10-22(21)24)33-34-28(37)23-11-5-7-13-25(23)32-29(34)38-19-27(36)30-17-16-20-8-2-1-3-9-20/h1-13,18,31H,14-17,19H2,(H,30,36)(H,33,35). The van der Waals surface area contributed by atoms with Crippen molar-refractivity contribution in [3.63, 3.8) is 0 Å². The van der Waals surface area contributed by atoms with Crippen molar-refractivity contribution in [2.75, 3.05) is 17.7 Å². The van der Waals surface area contributed by atoms with Crippen molar-refractivity contribution in [3.8, 4) is 0 Å². The molecule has 0 fully saturated rings. The molecule has 9 heteroatoms. The van der Waals surface area contributed by atoms with E-state index in [4.69, 9.17) is 0 Å². The van der Waals surface area contributed by atoms with Gasteiger partial charge in [0, 0.05) is 30.1 Å². The summed E-state index contributed by atoms with van der Waals surface area (Å²) in [6.45, 7) is 0.506. The third kappa shape index (κ3) is 5.95. The van der Waals surface area contributed by atoms with Crippen LogP contribution >= 0.6 is 11.8 Å². The summed E-state index contributed by atoms with van der Waals surface area (Å²) >= 11 is 1.11. The number of thioether (sulfide) groups is 1. The van der Waals surface area contributed by atoms with Crippen molar-refractivity contribution in [2.45, 2.75) is 24.4 Å². The number of aromatic nitrogens is 3. The minimum absolute atomic E-state index is 0.0603. The molecule has 0 aliphatic heterocycles. The van der Waals surface area contributed by atoms with E-state index < -0.39 is 0 Å². The van der Waals surface area contributed by atoms with E-state index in [1.54, 1.807) is 24.3 Å². The number of carbonyl (C=O) groups excluding carboxylic acids is 2. The molecule has 3 N–H and O–H groups in total. The maximum absolute atomic E-state index is 13.3. The maximum Gasteiger partial charge on any atom is 0.281 e. The van der Waals surface area contributed by atoms with E-state index in [1.807, 2.05) is 60.8 Å². The second-order valence-electron chi connectivity index (χ2n) is 8.82. The molecule has 0 saturated carbocycles. The van der Waals surface area contributed by atoms with E-state index in [9.17, 15) is 14.4 Å². The molecular weight excluding hydrogens is 498 g/mol. The predicted octanol–water partition coefficient (Wildman–Crippen LogP) is 4.03. The average Bonchev–Trinajstić information content (AvgIpc) is 3.36. The van der Waals surface area contributed by atoms with Gasteiger partial charge < -0.3 is 10.3 Å². The summed E-state index contributed by atoms with van der Waals surface area (Å²) in [6.07, 6.45) is 3.32. The number of aryl methyl sites for hydroxylation is 1. The van der Waals surface area contributed by atoms with Gasteiger partial charge in [0.15, 0.2) is 5.16 Å². The van der Waals surface area contributed by atoms with Gasteiger partial charge in [-0.05, 0) is 42.2 Å². The first-order valence-corrected chi connectivity index (χ1v) is 13.4. The number of benzene rings is 3. The molecule has 5 aromatic rings. The van der Waals surface area contributed by atoms with Crippen LogP contribution in [0.5, 0.6) is 0 Å². The Morgan fingerprint density at radius 2 is 1.61 bits per heavy atom. The highest BCUT2D eigenvalue weighted by Crippen LogP contribution is 2.20. The molecule has 2 amide bonds. The first-order valence-electron chi connectivity index (χ1n) is 12.4. The number of nitrogens with one attached hydrogen (secondary N) is 3. The Morgan fingerprint density at radius 3 is 2.45 bits per heavy atom. The fraction of sp³-hybridized carbons (Fsp3) is 0.172. The molecule has 0 unspecified atom stereocenters. The lowest BCUT2D eigenvalue weighted by atomic mass is 10.1. The van der Waals surface area contributed by atoms with Crippen molar-refractivity contribution in [1.82, 2.24) is 20.0 Å². The third-order valence-electron chi connectivity index (χ3n) is 6.19. The topological polar surface area (TPSA) is 109 Å². The fourth-order valence-corrected chi connectivity index (χ4v) is 5.03. The van der Waals surface area contributed by atoms with E-state index in [2.05, 4.69) is 20.7 Å². The molecule has 0 spiro atoms. The Labute approximate surface area is 223 Å². The van der Waals surface area contributed by atoms with Crippen LogP contribution in [0.3, 0.4) is 0 Å². The minimum atomic E-state index is -0.386. The van der Waals surface area contributed by atoms with Crippen LogP contribution in [-0.4, -0.2) is 38.8 Å². The Morgan fingerprint density at radius 1 is 0.868 bits per heavy atom. The quantitative estimate of drug-likeness (QED) is 0.188. The fourth-order valence-electron chi connectivity index (χ4n) is 4.25. The molecule has 3 aromatic carbocycles. The van der Waals surface area contributed by atoms with E-state index in [0.29, 0.717) is 23.9 Å². The molecule has 0 aliphatic carbocycles. The summed E-state index contributed by atoms with van der Waals surface area (Å²) in [4.78, 5) is 46.4. The van der Waals surface area contributed by atoms with Crippen LogP contribution in [0.25, 0.3) is 21.8 Å². The Bertz CT molecular complexity index is 1650. The van der Waals surface area contributed by atoms with Gasteiger partial charge in [0.05, 0.1) is 16.7 Å². The van der Waals surface area contributed by atoms with Crippen molar-refractivity contribution in [3.05, 3.63) is 107 Å². The Hall–Kier alpha value is -4.37. The van der Waals surface area contributed by atoms with Crippen LogP contribution < -0.4 is 16.3 Å². The highest BCUT2D eigenvalue weighted by molar-refractivity contribution is 7.99. The number of nitrogens with zero attached hydrogens (tertiary/aromatic N) is 2. The molecule has 2 aromatic heterocycles.